The second-order valence-corrected chi connectivity index (χ2v) is 4.75. The molecule has 2 rings (SSSR count). The molecule has 0 saturated heterocycles. The Morgan fingerprint density at radius 2 is 2.10 bits per heavy atom. The third-order valence-electron chi connectivity index (χ3n) is 2.76. The van der Waals surface area contributed by atoms with Gasteiger partial charge in [0.2, 0.25) is 0 Å². The number of hydrogen-bond donors (Lipinski definition) is 1. The van der Waals surface area contributed by atoms with Crippen molar-refractivity contribution < 1.29 is 14.3 Å². The van der Waals surface area contributed by atoms with Crippen LogP contribution in [-0.2, 0) is 4.74 Å². The van der Waals surface area contributed by atoms with Gasteiger partial charge in [0, 0.05) is 11.3 Å². The van der Waals surface area contributed by atoms with Crippen LogP contribution in [0.3, 0.4) is 0 Å². The molecule has 0 amide bonds. The van der Waals surface area contributed by atoms with Crippen LogP contribution in [0.25, 0.3) is 11.4 Å². The van der Waals surface area contributed by atoms with E-state index < -0.39 is 5.97 Å². The Hall–Kier alpha value is -2.30. The summed E-state index contributed by atoms with van der Waals surface area (Å²) in [4.78, 5) is 19.3. The molecule has 0 fully saturated rings. The molecule has 1 N–H and O–H groups in total. The van der Waals surface area contributed by atoms with Gasteiger partial charge >= 0.3 is 5.97 Å². The van der Waals surface area contributed by atoms with Crippen LogP contribution < -0.4 is 4.74 Å². The van der Waals surface area contributed by atoms with Crippen molar-refractivity contribution >= 4 is 5.97 Å². The fraction of sp³-hybridized carbons (Fsp3) is 0.333. The highest BCUT2D eigenvalue weighted by molar-refractivity contribution is 5.89. The summed E-state index contributed by atoms with van der Waals surface area (Å²) in [5, 5.41) is 0. The van der Waals surface area contributed by atoms with Crippen LogP contribution in [0, 0.1) is 6.92 Å². The molecular formula is C15H18N2O3. The van der Waals surface area contributed by atoms with Crippen LogP contribution >= 0.6 is 0 Å². The lowest BCUT2D eigenvalue weighted by Gasteiger charge is -2.05. The molecule has 106 valence electrons. The van der Waals surface area contributed by atoms with Crippen LogP contribution in [0.1, 0.15) is 30.0 Å². The van der Waals surface area contributed by atoms with E-state index in [9.17, 15) is 4.79 Å². The van der Waals surface area contributed by atoms with Gasteiger partial charge in [0.1, 0.15) is 11.6 Å². The molecule has 0 bridgehead atoms. The first-order valence-corrected chi connectivity index (χ1v) is 6.43. The van der Waals surface area contributed by atoms with E-state index in [4.69, 9.17) is 9.47 Å². The van der Waals surface area contributed by atoms with Gasteiger partial charge in [-0.1, -0.05) is 12.1 Å². The number of imidazole rings is 1. The first kappa shape index (κ1) is 14.1. The fourth-order valence-corrected chi connectivity index (χ4v) is 1.84. The molecule has 1 heterocycles. The minimum atomic E-state index is -0.414. The maximum atomic E-state index is 11.9. The zero-order chi connectivity index (χ0) is 14.7. The van der Waals surface area contributed by atoms with Gasteiger partial charge in [0.15, 0.2) is 5.69 Å². The molecule has 1 aromatic heterocycles. The third kappa shape index (κ3) is 2.99. The molecular weight excluding hydrogens is 256 g/mol. The van der Waals surface area contributed by atoms with Gasteiger partial charge < -0.3 is 14.5 Å². The summed E-state index contributed by atoms with van der Waals surface area (Å²) in [6.07, 6.45) is -0.168. The van der Waals surface area contributed by atoms with E-state index in [0.29, 0.717) is 17.2 Å². The number of aromatic amines is 1. The molecule has 0 aliphatic carbocycles. The van der Waals surface area contributed by atoms with E-state index in [1.807, 2.05) is 38.1 Å². The van der Waals surface area contributed by atoms with Crippen molar-refractivity contribution in [3.05, 3.63) is 35.7 Å². The average Bonchev–Trinajstić information content (AvgIpc) is 2.80. The summed E-state index contributed by atoms with van der Waals surface area (Å²) in [5.41, 5.74) is 1.86. The molecule has 0 saturated carbocycles. The highest BCUT2D eigenvalue weighted by Crippen LogP contribution is 2.22. The monoisotopic (exact) mass is 274 g/mol. The largest absolute Gasteiger partial charge is 0.497 e. The summed E-state index contributed by atoms with van der Waals surface area (Å²) in [6, 6.07) is 7.49. The molecule has 5 heteroatoms. The number of ether oxygens (including phenoxy) is 2. The number of rotatable bonds is 4. The Morgan fingerprint density at radius 3 is 2.75 bits per heavy atom. The minimum Gasteiger partial charge on any atom is -0.497 e. The molecule has 5 nitrogen and oxygen atoms in total. The number of esters is 1. The molecule has 20 heavy (non-hydrogen) atoms. The number of aromatic nitrogens is 2. The number of benzene rings is 1. The van der Waals surface area contributed by atoms with Crippen LogP contribution in [0.4, 0.5) is 0 Å². The van der Waals surface area contributed by atoms with Gasteiger partial charge in [-0.25, -0.2) is 9.78 Å². The summed E-state index contributed by atoms with van der Waals surface area (Å²) in [6.45, 7) is 5.42. The Balaban J connectivity index is 2.33. The normalized spacial score (nSPS) is 10.7. The minimum absolute atomic E-state index is 0.168. The van der Waals surface area contributed by atoms with Crippen molar-refractivity contribution in [2.75, 3.05) is 7.11 Å². The van der Waals surface area contributed by atoms with Crippen molar-refractivity contribution in [1.82, 2.24) is 9.97 Å². The van der Waals surface area contributed by atoms with E-state index in [1.165, 1.54) is 0 Å². The molecule has 1 aromatic carbocycles. The van der Waals surface area contributed by atoms with Gasteiger partial charge in [-0.05, 0) is 32.9 Å². The Kier molecular flexibility index (Phi) is 4.08. The van der Waals surface area contributed by atoms with Crippen LogP contribution in [0.2, 0.25) is 0 Å². The maximum Gasteiger partial charge on any atom is 0.359 e. The van der Waals surface area contributed by atoms with Gasteiger partial charge in [-0.2, -0.15) is 0 Å². The second kappa shape index (κ2) is 5.77. The summed E-state index contributed by atoms with van der Waals surface area (Å²) < 4.78 is 10.3. The van der Waals surface area contributed by atoms with E-state index in [2.05, 4.69) is 9.97 Å². The molecule has 2 aromatic rings. The standard InChI is InChI=1S/C15H18N2O3/c1-9(2)20-15(18)13-10(3)16-14(17-13)11-6-5-7-12(8-11)19-4/h5-9H,1-4H3,(H,16,17). The lowest BCUT2D eigenvalue weighted by atomic mass is 10.2. The summed E-state index contributed by atoms with van der Waals surface area (Å²) in [5.74, 6) is 0.947. The highest BCUT2D eigenvalue weighted by Gasteiger charge is 2.18. The first-order valence-electron chi connectivity index (χ1n) is 6.43. The highest BCUT2D eigenvalue weighted by atomic mass is 16.5. The average molecular weight is 274 g/mol. The van der Waals surface area contributed by atoms with E-state index >= 15 is 0 Å². The Bertz CT molecular complexity index is 617. The van der Waals surface area contributed by atoms with E-state index in [1.54, 1.807) is 14.0 Å². The number of H-pyrrole nitrogens is 1. The van der Waals surface area contributed by atoms with Gasteiger partial charge in [-0.3, -0.25) is 0 Å². The molecule has 0 radical (unpaired) electrons. The summed E-state index contributed by atoms with van der Waals surface area (Å²) >= 11 is 0. The van der Waals surface area contributed by atoms with Crippen molar-refractivity contribution in [3.8, 4) is 17.1 Å². The molecule has 0 spiro atoms. The predicted octanol–water partition coefficient (Wildman–Crippen LogP) is 2.96. The van der Waals surface area contributed by atoms with Crippen molar-refractivity contribution in [2.24, 2.45) is 0 Å². The maximum absolute atomic E-state index is 11.9. The lowest BCUT2D eigenvalue weighted by molar-refractivity contribution is 0.0370. The molecule has 0 aliphatic rings. The molecule has 0 aliphatic heterocycles. The zero-order valence-electron chi connectivity index (χ0n) is 12.1. The predicted molar refractivity (Wildman–Crippen MR) is 75.9 cm³/mol. The van der Waals surface area contributed by atoms with Gasteiger partial charge in [-0.15, -0.1) is 0 Å². The lowest BCUT2D eigenvalue weighted by Crippen LogP contribution is -2.13. The zero-order valence-corrected chi connectivity index (χ0v) is 12.1. The number of nitrogens with zero attached hydrogens (tertiary/aromatic N) is 1. The summed E-state index contributed by atoms with van der Waals surface area (Å²) in [7, 11) is 1.61. The van der Waals surface area contributed by atoms with Crippen LogP contribution in [-0.4, -0.2) is 29.2 Å². The smallest absolute Gasteiger partial charge is 0.359 e. The van der Waals surface area contributed by atoms with E-state index in [-0.39, 0.29) is 6.10 Å². The first-order chi connectivity index (χ1) is 9.51. The van der Waals surface area contributed by atoms with Gasteiger partial charge in [0.25, 0.3) is 0 Å². The number of nitrogens with one attached hydrogen (secondary N) is 1. The quantitative estimate of drug-likeness (QED) is 0.871. The Labute approximate surface area is 117 Å². The van der Waals surface area contributed by atoms with Crippen LogP contribution in [0.5, 0.6) is 5.75 Å². The molecule has 0 unspecified atom stereocenters. The van der Waals surface area contributed by atoms with Crippen molar-refractivity contribution in [1.29, 1.82) is 0 Å². The van der Waals surface area contributed by atoms with Crippen molar-refractivity contribution in [3.63, 3.8) is 0 Å². The number of carbonyl (C=O) groups is 1. The fourth-order valence-electron chi connectivity index (χ4n) is 1.84. The number of hydrogen-bond acceptors (Lipinski definition) is 4. The number of carbonyl (C=O) groups excluding carboxylic acids is 1. The number of methoxy groups -OCH3 is 1. The number of aryl methyl sites for hydroxylation is 1. The third-order valence-corrected chi connectivity index (χ3v) is 2.76. The van der Waals surface area contributed by atoms with Gasteiger partial charge in [0.05, 0.1) is 13.2 Å². The second-order valence-electron chi connectivity index (χ2n) is 4.75. The van der Waals surface area contributed by atoms with Crippen LogP contribution in [0.15, 0.2) is 24.3 Å². The molecule has 0 atom stereocenters. The topological polar surface area (TPSA) is 64.2 Å². The van der Waals surface area contributed by atoms with Crippen molar-refractivity contribution in [2.45, 2.75) is 26.9 Å². The SMILES string of the molecule is COc1cccc(-c2nc(C(=O)OC(C)C)c(C)[nH]2)c1. The Morgan fingerprint density at radius 1 is 1.35 bits per heavy atom. The van der Waals surface area contributed by atoms with E-state index in [0.717, 1.165) is 11.3 Å².